The lowest BCUT2D eigenvalue weighted by atomic mass is 10.1. The monoisotopic (exact) mass is 433 g/mol. The lowest BCUT2D eigenvalue weighted by Crippen LogP contribution is -2.45. The number of carbonyl (C=O) groups excluding carboxylic acids is 2. The first-order valence-electron chi connectivity index (χ1n) is 10.2. The minimum atomic E-state index is -0.789. The van der Waals surface area contributed by atoms with E-state index in [1.54, 1.807) is 46.0 Å². The standard InChI is InChI=1S/C24H27N5O3/c1-8-18-12-17(19-14-25-21-11-9-10-15(2)29(19)21)13-20(26-18)27-22(30)16(3)28(7)23(31)32-24(4,5)6/h1,9-14,16H,2-7H3,(H,26,27,30). The summed E-state index contributed by atoms with van der Waals surface area (Å²) < 4.78 is 7.33. The van der Waals surface area contributed by atoms with Crippen molar-refractivity contribution in [3.05, 3.63) is 47.9 Å². The molecule has 3 heterocycles. The van der Waals surface area contributed by atoms with Crippen LogP contribution >= 0.6 is 0 Å². The largest absolute Gasteiger partial charge is 0.444 e. The van der Waals surface area contributed by atoms with Crippen molar-refractivity contribution < 1.29 is 14.3 Å². The van der Waals surface area contributed by atoms with Gasteiger partial charge in [0.1, 0.15) is 28.8 Å². The quantitative estimate of drug-likeness (QED) is 0.631. The molecule has 8 heteroatoms. The summed E-state index contributed by atoms with van der Waals surface area (Å²) in [6, 6.07) is 8.54. The zero-order valence-electron chi connectivity index (χ0n) is 19.1. The Morgan fingerprint density at radius 3 is 2.66 bits per heavy atom. The summed E-state index contributed by atoms with van der Waals surface area (Å²) in [6.07, 6.45) is 6.77. The zero-order chi connectivity index (χ0) is 23.6. The predicted octanol–water partition coefficient (Wildman–Crippen LogP) is 3.88. The number of nitrogens with one attached hydrogen (secondary N) is 1. The number of pyridine rings is 2. The maximum atomic E-state index is 12.8. The second-order valence-electron chi connectivity index (χ2n) is 8.53. The normalized spacial score (nSPS) is 12.2. The van der Waals surface area contributed by atoms with Crippen molar-refractivity contribution in [3.63, 3.8) is 0 Å². The van der Waals surface area contributed by atoms with Gasteiger partial charge in [-0.2, -0.15) is 0 Å². The van der Waals surface area contributed by atoms with Crippen molar-refractivity contribution >= 4 is 23.5 Å². The Bertz CT molecular complexity index is 1220. The number of aromatic nitrogens is 3. The summed E-state index contributed by atoms with van der Waals surface area (Å²) in [4.78, 5) is 35.1. The number of hydrogen-bond donors (Lipinski definition) is 1. The fourth-order valence-electron chi connectivity index (χ4n) is 3.12. The predicted molar refractivity (Wildman–Crippen MR) is 123 cm³/mol. The molecule has 0 aliphatic carbocycles. The first kappa shape index (κ1) is 22.8. The number of rotatable bonds is 4. The van der Waals surface area contributed by atoms with E-state index in [9.17, 15) is 9.59 Å². The second-order valence-corrected chi connectivity index (χ2v) is 8.53. The third-order valence-corrected chi connectivity index (χ3v) is 4.89. The number of carbonyl (C=O) groups is 2. The van der Waals surface area contributed by atoms with E-state index in [2.05, 4.69) is 21.2 Å². The van der Waals surface area contributed by atoms with E-state index in [1.165, 1.54) is 11.9 Å². The summed E-state index contributed by atoms with van der Waals surface area (Å²) in [6.45, 7) is 8.89. The zero-order valence-corrected chi connectivity index (χ0v) is 19.1. The van der Waals surface area contributed by atoms with Gasteiger partial charge >= 0.3 is 6.09 Å². The van der Waals surface area contributed by atoms with Crippen molar-refractivity contribution in [3.8, 4) is 23.6 Å². The van der Waals surface area contributed by atoms with Gasteiger partial charge in [0, 0.05) is 18.3 Å². The number of likely N-dealkylation sites (N-methyl/N-ethyl adjacent to an activating group) is 1. The minimum Gasteiger partial charge on any atom is -0.444 e. The molecule has 0 spiro atoms. The maximum Gasteiger partial charge on any atom is 0.410 e. The number of aryl methyl sites for hydroxylation is 1. The van der Waals surface area contributed by atoms with Crippen LogP contribution in [0, 0.1) is 19.3 Å². The Morgan fingerprint density at radius 2 is 2.00 bits per heavy atom. The molecule has 0 saturated heterocycles. The molecular formula is C24H27N5O3. The molecule has 166 valence electrons. The van der Waals surface area contributed by atoms with Crippen LogP contribution in [0.25, 0.3) is 16.9 Å². The Balaban J connectivity index is 1.88. The smallest absolute Gasteiger partial charge is 0.410 e. The van der Waals surface area contributed by atoms with Crippen LogP contribution in [0.4, 0.5) is 10.6 Å². The number of anilines is 1. The van der Waals surface area contributed by atoms with Crippen LogP contribution in [0.2, 0.25) is 0 Å². The number of ether oxygens (including phenoxy) is 1. The molecule has 0 bridgehead atoms. The molecule has 3 aromatic heterocycles. The SMILES string of the molecule is C#Cc1cc(-c2cnc3cccc(C)n23)cc(NC(=O)C(C)N(C)C(=O)OC(C)(C)C)n1. The van der Waals surface area contributed by atoms with Gasteiger partial charge in [-0.15, -0.1) is 6.42 Å². The van der Waals surface area contributed by atoms with Crippen molar-refractivity contribution in [1.29, 1.82) is 0 Å². The lowest BCUT2D eigenvalue weighted by Gasteiger charge is -2.28. The van der Waals surface area contributed by atoms with E-state index >= 15 is 0 Å². The first-order chi connectivity index (χ1) is 15.0. The highest BCUT2D eigenvalue weighted by molar-refractivity contribution is 5.96. The molecule has 0 aromatic carbocycles. The van der Waals surface area contributed by atoms with Crippen LogP contribution in [0.1, 0.15) is 39.1 Å². The highest BCUT2D eigenvalue weighted by Crippen LogP contribution is 2.25. The number of amides is 2. The van der Waals surface area contributed by atoms with E-state index in [0.29, 0.717) is 5.69 Å². The number of fused-ring (bicyclic) bond motifs is 1. The van der Waals surface area contributed by atoms with Gasteiger partial charge in [0.25, 0.3) is 0 Å². The molecule has 32 heavy (non-hydrogen) atoms. The van der Waals surface area contributed by atoms with E-state index in [1.807, 2.05) is 29.5 Å². The van der Waals surface area contributed by atoms with Gasteiger partial charge in [-0.25, -0.2) is 14.8 Å². The maximum absolute atomic E-state index is 12.8. The summed E-state index contributed by atoms with van der Waals surface area (Å²) >= 11 is 0. The number of terminal acetylenes is 1. The van der Waals surface area contributed by atoms with Crippen molar-refractivity contribution in [1.82, 2.24) is 19.3 Å². The lowest BCUT2D eigenvalue weighted by molar-refractivity contribution is -0.120. The summed E-state index contributed by atoms with van der Waals surface area (Å²) in [5, 5.41) is 2.76. The number of imidazole rings is 1. The van der Waals surface area contributed by atoms with Crippen LogP contribution in [0.15, 0.2) is 36.5 Å². The van der Waals surface area contributed by atoms with Gasteiger partial charge in [0.15, 0.2) is 0 Å². The van der Waals surface area contributed by atoms with Gasteiger partial charge in [0.05, 0.1) is 11.9 Å². The molecule has 0 fully saturated rings. The van der Waals surface area contributed by atoms with E-state index in [0.717, 1.165) is 22.6 Å². The van der Waals surface area contributed by atoms with Gasteiger partial charge in [-0.3, -0.25) is 14.1 Å². The van der Waals surface area contributed by atoms with E-state index in [-0.39, 0.29) is 5.82 Å². The molecular weight excluding hydrogens is 406 g/mol. The van der Waals surface area contributed by atoms with Crippen LogP contribution in [0.5, 0.6) is 0 Å². The van der Waals surface area contributed by atoms with Gasteiger partial charge in [0.2, 0.25) is 5.91 Å². The van der Waals surface area contributed by atoms with Crippen LogP contribution in [-0.4, -0.2) is 50.0 Å². The average molecular weight is 434 g/mol. The fourth-order valence-corrected chi connectivity index (χ4v) is 3.12. The molecule has 3 rings (SSSR count). The molecule has 2 amide bonds. The molecule has 0 aliphatic heterocycles. The fraction of sp³-hybridized carbons (Fsp3) is 0.333. The first-order valence-corrected chi connectivity index (χ1v) is 10.2. The minimum absolute atomic E-state index is 0.286. The molecule has 8 nitrogen and oxygen atoms in total. The highest BCUT2D eigenvalue weighted by Gasteiger charge is 2.27. The van der Waals surface area contributed by atoms with Crippen LogP contribution in [-0.2, 0) is 9.53 Å². The molecule has 1 N–H and O–H groups in total. The molecule has 1 unspecified atom stereocenters. The van der Waals surface area contributed by atoms with Gasteiger partial charge in [-0.05, 0) is 58.9 Å². The summed E-state index contributed by atoms with van der Waals surface area (Å²) in [5.74, 6) is 2.39. The summed E-state index contributed by atoms with van der Waals surface area (Å²) in [5.41, 5.74) is 3.11. The Kier molecular flexibility index (Phi) is 6.21. The third-order valence-electron chi connectivity index (χ3n) is 4.89. The number of hydrogen-bond acceptors (Lipinski definition) is 5. The molecule has 3 aromatic rings. The van der Waals surface area contributed by atoms with E-state index < -0.39 is 23.6 Å². The van der Waals surface area contributed by atoms with Crippen LogP contribution in [0.3, 0.4) is 0 Å². The Morgan fingerprint density at radius 1 is 1.28 bits per heavy atom. The second kappa shape index (κ2) is 8.71. The molecule has 0 aliphatic rings. The Labute approximate surface area is 187 Å². The Hall–Kier alpha value is -3.86. The summed E-state index contributed by atoms with van der Waals surface area (Å²) in [7, 11) is 1.51. The topological polar surface area (TPSA) is 88.8 Å². The highest BCUT2D eigenvalue weighted by atomic mass is 16.6. The number of nitrogens with zero attached hydrogens (tertiary/aromatic N) is 4. The van der Waals surface area contributed by atoms with Crippen molar-refractivity contribution in [2.24, 2.45) is 0 Å². The molecule has 0 saturated carbocycles. The third kappa shape index (κ3) is 4.89. The van der Waals surface area contributed by atoms with Gasteiger partial charge < -0.3 is 10.1 Å². The molecule has 0 radical (unpaired) electrons. The van der Waals surface area contributed by atoms with Crippen molar-refractivity contribution in [2.45, 2.75) is 46.3 Å². The van der Waals surface area contributed by atoms with Crippen LogP contribution < -0.4 is 5.32 Å². The average Bonchev–Trinajstić information content (AvgIpc) is 3.16. The van der Waals surface area contributed by atoms with Gasteiger partial charge in [-0.1, -0.05) is 12.0 Å². The van der Waals surface area contributed by atoms with E-state index in [4.69, 9.17) is 11.2 Å². The molecule has 1 atom stereocenters. The van der Waals surface area contributed by atoms with Crippen molar-refractivity contribution in [2.75, 3.05) is 12.4 Å².